The minimum Gasteiger partial charge on any atom is -0.236 e. The van der Waals surface area contributed by atoms with Gasteiger partial charge in [-0.3, -0.25) is 0 Å². The Balaban J connectivity index is 2.99. The Kier molecular flexibility index (Phi) is 2.23. The SMILES string of the molecule is Pn1nc(I)c2c(Cl)ccnc21. The van der Waals surface area contributed by atoms with Crippen molar-refractivity contribution < 1.29 is 0 Å². The van der Waals surface area contributed by atoms with Gasteiger partial charge in [0.1, 0.15) is 3.70 Å². The van der Waals surface area contributed by atoms with Crippen LogP contribution in [0.5, 0.6) is 0 Å². The van der Waals surface area contributed by atoms with Crippen LogP contribution in [0.1, 0.15) is 0 Å². The van der Waals surface area contributed by atoms with E-state index < -0.39 is 0 Å². The van der Waals surface area contributed by atoms with Gasteiger partial charge in [-0.1, -0.05) is 11.6 Å². The van der Waals surface area contributed by atoms with E-state index >= 15 is 0 Å². The molecule has 0 aliphatic rings. The lowest BCUT2D eigenvalue weighted by Gasteiger charge is -1.92. The van der Waals surface area contributed by atoms with Crippen molar-refractivity contribution in [3.8, 4) is 0 Å². The molecule has 0 aromatic carbocycles. The Morgan fingerprint density at radius 2 is 2.33 bits per heavy atom. The third-order valence-electron chi connectivity index (χ3n) is 1.50. The maximum atomic E-state index is 5.97. The van der Waals surface area contributed by atoms with E-state index in [1.54, 1.807) is 16.7 Å². The molecule has 0 fully saturated rings. The van der Waals surface area contributed by atoms with Crippen molar-refractivity contribution in [1.82, 2.24) is 14.5 Å². The van der Waals surface area contributed by atoms with Crippen molar-refractivity contribution in [2.75, 3.05) is 0 Å². The van der Waals surface area contributed by atoms with Gasteiger partial charge in [0.15, 0.2) is 5.65 Å². The zero-order valence-electron chi connectivity index (χ0n) is 5.83. The Bertz CT molecular complexity index is 442. The standard InChI is InChI=1S/C6H4ClIN3P/c7-3-1-2-9-6-4(3)5(8)10-11(6)12/h1-2H,12H2. The molecule has 0 aliphatic heterocycles. The van der Waals surface area contributed by atoms with Gasteiger partial charge < -0.3 is 0 Å². The van der Waals surface area contributed by atoms with Gasteiger partial charge in [-0.15, -0.1) is 0 Å². The number of nitrogens with zero attached hydrogens (tertiary/aromatic N) is 3. The van der Waals surface area contributed by atoms with Crippen LogP contribution in [0.25, 0.3) is 11.0 Å². The van der Waals surface area contributed by atoms with E-state index in [1.807, 2.05) is 0 Å². The zero-order valence-corrected chi connectivity index (χ0v) is 9.90. The largest absolute Gasteiger partial charge is 0.236 e. The topological polar surface area (TPSA) is 30.7 Å². The molecular weight excluding hydrogens is 307 g/mol. The number of fused-ring (bicyclic) bond motifs is 1. The van der Waals surface area contributed by atoms with Crippen LogP contribution in [0.3, 0.4) is 0 Å². The lowest BCUT2D eigenvalue weighted by Crippen LogP contribution is -1.82. The highest BCUT2D eigenvalue weighted by atomic mass is 127. The Labute approximate surface area is 89.9 Å². The first kappa shape index (κ1) is 8.66. The Morgan fingerprint density at radius 1 is 1.58 bits per heavy atom. The molecule has 0 radical (unpaired) electrons. The summed E-state index contributed by atoms with van der Waals surface area (Å²) in [6.07, 6.45) is 1.67. The van der Waals surface area contributed by atoms with Crippen molar-refractivity contribution in [2.24, 2.45) is 0 Å². The maximum Gasteiger partial charge on any atom is 0.163 e. The fraction of sp³-hybridized carbons (Fsp3) is 0. The van der Waals surface area contributed by atoms with Gasteiger partial charge in [0, 0.05) is 6.20 Å². The number of hydrogen-bond acceptors (Lipinski definition) is 2. The second kappa shape index (κ2) is 3.09. The second-order valence-electron chi connectivity index (χ2n) is 2.23. The molecule has 1 unspecified atom stereocenters. The van der Waals surface area contributed by atoms with E-state index in [1.165, 1.54) is 0 Å². The van der Waals surface area contributed by atoms with Crippen LogP contribution in [0.2, 0.25) is 5.02 Å². The smallest absolute Gasteiger partial charge is 0.163 e. The van der Waals surface area contributed by atoms with Crippen LogP contribution in [-0.2, 0) is 0 Å². The molecule has 0 saturated carbocycles. The second-order valence-corrected chi connectivity index (χ2v) is 4.14. The van der Waals surface area contributed by atoms with Crippen LogP contribution < -0.4 is 0 Å². The molecule has 2 aromatic heterocycles. The molecule has 2 heterocycles. The molecule has 62 valence electrons. The van der Waals surface area contributed by atoms with Gasteiger partial charge in [0.05, 0.1) is 10.4 Å². The third-order valence-corrected chi connectivity index (χ3v) is 2.93. The Morgan fingerprint density at radius 3 is 3.00 bits per heavy atom. The highest BCUT2D eigenvalue weighted by Crippen LogP contribution is 2.26. The summed E-state index contributed by atoms with van der Waals surface area (Å²) in [5, 5.41) is 5.77. The van der Waals surface area contributed by atoms with Gasteiger partial charge in [-0.2, -0.15) is 5.10 Å². The summed E-state index contributed by atoms with van der Waals surface area (Å²) in [5.41, 5.74) is 0.789. The number of rotatable bonds is 0. The molecule has 0 N–H and O–H groups in total. The van der Waals surface area contributed by atoms with Crippen LogP contribution in [-0.4, -0.2) is 14.5 Å². The highest BCUT2D eigenvalue weighted by Gasteiger charge is 2.09. The summed E-state index contributed by atoms with van der Waals surface area (Å²) in [6.45, 7) is 0. The molecule has 0 spiro atoms. The van der Waals surface area contributed by atoms with E-state index in [4.69, 9.17) is 11.6 Å². The molecule has 0 saturated heterocycles. The molecule has 12 heavy (non-hydrogen) atoms. The molecule has 0 amide bonds. The molecule has 6 heteroatoms. The minimum absolute atomic E-state index is 0.693. The van der Waals surface area contributed by atoms with Crippen molar-refractivity contribution in [1.29, 1.82) is 0 Å². The predicted octanol–water partition coefficient (Wildman–Crippen LogP) is 2.33. The third kappa shape index (κ3) is 1.22. The predicted molar refractivity (Wildman–Crippen MR) is 60.4 cm³/mol. The highest BCUT2D eigenvalue weighted by molar-refractivity contribution is 14.1. The van der Waals surface area contributed by atoms with E-state index in [0.29, 0.717) is 5.02 Å². The summed E-state index contributed by atoms with van der Waals surface area (Å²) in [6, 6.07) is 1.76. The van der Waals surface area contributed by atoms with Crippen LogP contribution >= 0.6 is 43.6 Å². The average molecular weight is 311 g/mol. The van der Waals surface area contributed by atoms with Crippen LogP contribution in [0, 0.1) is 3.70 Å². The first-order valence-corrected chi connectivity index (χ1v) is 5.11. The molecule has 2 aromatic rings. The summed E-state index contributed by atoms with van der Waals surface area (Å²) < 4.78 is 2.51. The van der Waals surface area contributed by atoms with Gasteiger partial charge in [0.25, 0.3) is 0 Å². The van der Waals surface area contributed by atoms with E-state index in [-0.39, 0.29) is 0 Å². The number of hydrogen-bond donors (Lipinski definition) is 0. The van der Waals surface area contributed by atoms with Gasteiger partial charge in [-0.25, -0.2) is 9.44 Å². The Hall–Kier alpha value is 0.0700. The summed E-state index contributed by atoms with van der Waals surface area (Å²) >= 11 is 8.10. The van der Waals surface area contributed by atoms with Crippen molar-refractivity contribution >= 4 is 54.6 Å². The van der Waals surface area contributed by atoms with Gasteiger partial charge >= 0.3 is 0 Å². The van der Waals surface area contributed by atoms with E-state index in [9.17, 15) is 0 Å². The van der Waals surface area contributed by atoms with Gasteiger partial charge in [0.2, 0.25) is 0 Å². The van der Waals surface area contributed by atoms with E-state index in [0.717, 1.165) is 14.7 Å². The summed E-state index contributed by atoms with van der Waals surface area (Å²) in [7, 11) is 2.47. The first-order chi connectivity index (χ1) is 5.70. The van der Waals surface area contributed by atoms with E-state index in [2.05, 4.69) is 42.1 Å². The normalized spacial score (nSPS) is 10.9. The van der Waals surface area contributed by atoms with Crippen LogP contribution in [0.15, 0.2) is 12.3 Å². The number of pyridine rings is 1. The fourth-order valence-electron chi connectivity index (χ4n) is 0.984. The van der Waals surface area contributed by atoms with Crippen molar-refractivity contribution in [3.63, 3.8) is 0 Å². The van der Waals surface area contributed by atoms with Crippen molar-refractivity contribution in [2.45, 2.75) is 0 Å². The molecule has 0 aliphatic carbocycles. The molecular formula is C6H4ClIN3P. The van der Waals surface area contributed by atoms with Crippen molar-refractivity contribution in [3.05, 3.63) is 21.0 Å². The maximum absolute atomic E-state index is 5.97. The van der Waals surface area contributed by atoms with Crippen LogP contribution in [0.4, 0.5) is 0 Å². The average Bonchev–Trinajstić information content (AvgIpc) is 2.29. The van der Waals surface area contributed by atoms with Gasteiger partial charge in [-0.05, 0) is 38.0 Å². The number of halogens is 2. The fourth-order valence-corrected chi connectivity index (χ4v) is 2.68. The monoisotopic (exact) mass is 311 g/mol. The minimum atomic E-state index is 0.693. The lowest BCUT2D eigenvalue weighted by atomic mass is 10.4. The summed E-state index contributed by atoms with van der Waals surface area (Å²) in [4.78, 5) is 4.15. The molecule has 2 rings (SSSR count). The molecule has 1 atom stereocenters. The molecule has 0 bridgehead atoms. The zero-order chi connectivity index (χ0) is 8.72. The quantitative estimate of drug-likeness (QED) is 0.552. The first-order valence-electron chi connectivity index (χ1n) is 3.14. The lowest BCUT2D eigenvalue weighted by molar-refractivity contribution is 1.01. The molecule has 3 nitrogen and oxygen atoms in total. The number of aromatic nitrogens is 3. The summed E-state index contributed by atoms with van der Waals surface area (Å²) in [5.74, 6) is 0.